The van der Waals surface area contributed by atoms with Gasteiger partial charge in [0, 0.05) is 12.1 Å². The Morgan fingerprint density at radius 1 is 0.935 bits per heavy atom. The van der Waals surface area contributed by atoms with Crippen molar-refractivity contribution in [1.29, 1.82) is 0 Å². The van der Waals surface area contributed by atoms with Crippen LogP contribution >= 0.6 is 0 Å². The molecule has 1 aliphatic rings. The average molecular weight is 436 g/mol. The number of nitrogens with zero attached hydrogens (tertiary/aromatic N) is 2. The van der Waals surface area contributed by atoms with Gasteiger partial charge >= 0.3 is 0 Å². The largest absolute Gasteiger partial charge is 0.273 e. The van der Waals surface area contributed by atoms with Gasteiger partial charge in [-0.1, -0.05) is 67.6 Å². The van der Waals surface area contributed by atoms with E-state index in [-0.39, 0.29) is 10.6 Å². The van der Waals surface area contributed by atoms with Gasteiger partial charge in [-0.2, -0.15) is 0 Å². The molecule has 0 saturated carbocycles. The number of benzene rings is 3. The second-order valence-corrected chi connectivity index (χ2v) is 9.18. The number of amides is 1. The molecule has 1 heterocycles. The van der Waals surface area contributed by atoms with Crippen LogP contribution < -0.4 is 0 Å². The van der Waals surface area contributed by atoms with Crippen molar-refractivity contribution in [2.45, 2.75) is 29.7 Å². The first-order chi connectivity index (χ1) is 14.8. The molecule has 0 aromatic heterocycles. The minimum absolute atomic E-state index is 0.162. The number of carbonyl (C=O) groups is 1. The number of nitro groups is 1. The van der Waals surface area contributed by atoms with Crippen molar-refractivity contribution in [3.05, 3.63) is 106 Å². The van der Waals surface area contributed by atoms with Gasteiger partial charge in [0.1, 0.15) is 5.41 Å². The molecule has 3 aromatic carbocycles. The summed E-state index contributed by atoms with van der Waals surface area (Å²) in [6, 6.07) is 22.1. The van der Waals surface area contributed by atoms with Crippen LogP contribution in [0.4, 0.5) is 5.69 Å². The van der Waals surface area contributed by atoms with Crippen molar-refractivity contribution in [3.8, 4) is 0 Å². The second-order valence-electron chi connectivity index (χ2n) is 7.36. The lowest BCUT2D eigenvalue weighted by Gasteiger charge is -2.55. The number of sulfonamides is 1. The maximum absolute atomic E-state index is 13.5. The Morgan fingerprint density at radius 2 is 1.48 bits per heavy atom. The molecular weight excluding hydrogens is 416 g/mol. The lowest BCUT2D eigenvalue weighted by molar-refractivity contribution is -0.384. The summed E-state index contributed by atoms with van der Waals surface area (Å²) in [6.45, 7) is 1.87. The number of non-ortho nitro benzene ring substituents is 1. The highest BCUT2D eigenvalue weighted by Crippen LogP contribution is 2.55. The maximum atomic E-state index is 13.5. The van der Waals surface area contributed by atoms with E-state index in [1.54, 1.807) is 12.1 Å². The molecule has 8 heteroatoms. The van der Waals surface area contributed by atoms with Crippen molar-refractivity contribution >= 4 is 21.6 Å². The van der Waals surface area contributed by atoms with Gasteiger partial charge in [0.25, 0.3) is 15.7 Å². The van der Waals surface area contributed by atoms with Crippen LogP contribution in [0.5, 0.6) is 0 Å². The molecule has 1 fully saturated rings. The van der Waals surface area contributed by atoms with Gasteiger partial charge in [-0.25, -0.2) is 12.7 Å². The summed E-state index contributed by atoms with van der Waals surface area (Å²) in [5.74, 6) is -0.506. The average Bonchev–Trinajstić information content (AvgIpc) is 2.79. The van der Waals surface area contributed by atoms with E-state index >= 15 is 0 Å². The highest BCUT2D eigenvalue weighted by atomic mass is 32.2. The number of rotatable bonds is 6. The van der Waals surface area contributed by atoms with Crippen molar-refractivity contribution in [1.82, 2.24) is 4.31 Å². The number of carbonyl (C=O) groups excluding carboxylic acids is 1. The first-order valence-corrected chi connectivity index (χ1v) is 11.2. The smallest absolute Gasteiger partial charge is 0.269 e. The van der Waals surface area contributed by atoms with Crippen LogP contribution in [0.2, 0.25) is 0 Å². The highest BCUT2D eigenvalue weighted by molar-refractivity contribution is 7.89. The Balaban J connectivity index is 1.86. The van der Waals surface area contributed by atoms with Crippen LogP contribution in [-0.4, -0.2) is 23.6 Å². The number of hydrogen-bond donors (Lipinski definition) is 0. The molecule has 1 aliphatic heterocycles. The molecule has 3 aromatic rings. The van der Waals surface area contributed by atoms with E-state index in [9.17, 15) is 23.3 Å². The topological polar surface area (TPSA) is 97.6 Å². The zero-order valence-electron chi connectivity index (χ0n) is 16.7. The van der Waals surface area contributed by atoms with E-state index in [1.807, 2.05) is 55.5 Å². The minimum Gasteiger partial charge on any atom is -0.273 e. The summed E-state index contributed by atoms with van der Waals surface area (Å²) in [4.78, 5) is 23.7. The first kappa shape index (κ1) is 20.7. The maximum Gasteiger partial charge on any atom is 0.269 e. The molecule has 0 bridgehead atoms. The Labute approximate surface area is 180 Å². The van der Waals surface area contributed by atoms with Gasteiger partial charge in [0.05, 0.1) is 15.9 Å². The third-order valence-corrected chi connectivity index (χ3v) is 7.61. The van der Waals surface area contributed by atoms with Gasteiger partial charge in [0.2, 0.25) is 5.91 Å². The van der Waals surface area contributed by atoms with Gasteiger partial charge in [-0.3, -0.25) is 14.9 Å². The highest BCUT2D eigenvalue weighted by Gasteiger charge is 2.65. The molecule has 7 nitrogen and oxygen atoms in total. The minimum atomic E-state index is -4.22. The Kier molecular flexibility index (Phi) is 5.10. The molecule has 1 unspecified atom stereocenters. The first-order valence-electron chi connectivity index (χ1n) is 9.78. The fourth-order valence-corrected chi connectivity index (χ4v) is 5.95. The van der Waals surface area contributed by atoms with Gasteiger partial charge in [-0.15, -0.1) is 0 Å². The third-order valence-electron chi connectivity index (χ3n) is 5.85. The summed E-state index contributed by atoms with van der Waals surface area (Å²) in [5, 5.41) is 10.9. The molecule has 158 valence electrons. The summed E-state index contributed by atoms with van der Waals surface area (Å²) in [6.07, 6.45) is 0.418. The van der Waals surface area contributed by atoms with Crippen LogP contribution in [0.1, 0.15) is 30.5 Å². The van der Waals surface area contributed by atoms with E-state index in [0.717, 1.165) is 34.1 Å². The zero-order chi connectivity index (χ0) is 22.2. The van der Waals surface area contributed by atoms with E-state index < -0.39 is 32.3 Å². The molecular formula is C23H20N2O5S. The lowest BCUT2D eigenvalue weighted by Crippen LogP contribution is -2.67. The normalized spacial score (nSPS) is 20.9. The van der Waals surface area contributed by atoms with Gasteiger partial charge < -0.3 is 0 Å². The predicted octanol–water partition coefficient (Wildman–Crippen LogP) is 4.22. The van der Waals surface area contributed by atoms with Crippen LogP contribution in [-0.2, 0) is 20.2 Å². The molecule has 2 atom stereocenters. The Morgan fingerprint density at radius 3 is 2.00 bits per heavy atom. The van der Waals surface area contributed by atoms with Crippen molar-refractivity contribution < 1.29 is 18.1 Å². The molecule has 4 rings (SSSR count). The molecule has 0 spiro atoms. The number of hydrogen-bond acceptors (Lipinski definition) is 5. The Hall–Kier alpha value is -3.52. The molecule has 0 radical (unpaired) electrons. The standard InChI is InChI=1S/C23H20N2O5S/c1-2-23(18-11-7-4-8-12-18)21(17-9-5-3-6-10-17)24(22(23)26)31(29,30)20-15-13-19(14-16-20)25(27)28/h3-16,21H,2H2,1H3/t21?,23-/m0/s1. The quantitative estimate of drug-likeness (QED) is 0.327. The summed E-state index contributed by atoms with van der Waals surface area (Å²) < 4.78 is 27.8. The van der Waals surface area contributed by atoms with Crippen LogP contribution in [0.3, 0.4) is 0 Å². The SMILES string of the molecule is CC[C@@]1(c2ccccc2)C(=O)N(S(=O)(=O)c2ccc([N+](=O)[O-])cc2)C1c1ccccc1. The van der Waals surface area contributed by atoms with Crippen LogP contribution in [0.15, 0.2) is 89.8 Å². The van der Waals surface area contributed by atoms with Crippen LogP contribution in [0.25, 0.3) is 0 Å². The van der Waals surface area contributed by atoms with Crippen molar-refractivity contribution in [3.63, 3.8) is 0 Å². The Bertz CT molecular complexity index is 1230. The van der Waals surface area contributed by atoms with E-state index in [1.165, 1.54) is 0 Å². The van der Waals surface area contributed by atoms with Gasteiger partial charge in [-0.05, 0) is 29.7 Å². The monoisotopic (exact) mass is 436 g/mol. The predicted molar refractivity (Wildman–Crippen MR) is 115 cm³/mol. The van der Waals surface area contributed by atoms with Gasteiger partial charge in [0.15, 0.2) is 0 Å². The van der Waals surface area contributed by atoms with E-state index in [2.05, 4.69) is 0 Å². The number of nitro benzene ring substituents is 1. The molecule has 31 heavy (non-hydrogen) atoms. The van der Waals surface area contributed by atoms with Crippen LogP contribution in [0, 0.1) is 10.1 Å². The summed E-state index contributed by atoms with van der Waals surface area (Å²) in [5.41, 5.74) is 0.224. The third kappa shape index (κ3) is 3.11. The lowest BCUT2D eigenvalue weighted by atomic mass is 9.63. The second kappa shape index (κ2) is 7.63. The molecule has 0 N–H and O–H groups in total. The summed E-state index contributed by atoms with van der Waals surface area (Å²) in [7, 11) is -4.22. The summed E-state index contributed by atoms with van der Waals surface area (Å²) >= 11 is 0. The molecule has 0 aliphatic carbocycles. The van der Waals surface area contributed by atoms with Crippen molar-refractivity contribution in [2.75, 3.05) is 0 Å². The molecule has 1 amide bonds. The molecule has 1 saturated heterocycles. The van der Waals surface area contributed by atoms with Crippen molar-refractivity contribution in [2.24, 2.45) is 0 Å². The zero-order valence-corrected chi connectivity index (χ0v) is 17.5. The number of β-lactam (4-membered cyclic amide) rings is 1. The van der Waals surface area contributed by atoms with E-state index in [4.69, 9.17) is 0 Å². The fraction of sp³-hybridized carbons (Fsp3) is 0.174. The van der Waals surface area contributed by atoms with E-state index in [0.29, 0.717) is 12.0 Å². The fourth-order valence-electron chi connectivity index (χ4n) is 4.29.